The van der Waals surface area contributed by atoms with Crippen molar-refractivity contribution < 1.29 is 13.2 Å². The lowest BCUT2D eigenvalue weighted by Crippen LogP contribution is -2.32. The predicted octanol–water partition coefficient (Wildman–Crippen LogP) is 1.02. The molecule has 0 spiro atoms. The number of nitrogens with zero attached hydrogens (tertiary/aromatic N) is 1. The fraction of sp³-hybridized carbons (Fsp3) is 0.611. The van der Waals surface area contributed by atoms with Crippen molar-refractivity contribution in [2.75, 3.05) is 31.9 Å². The second-order valence-corrected chi connectivity index (χ2v) is 9.44. The number of nitrogens with one attached hydrogen (secondary N) is 1. The molecule has 1 amide bonds. The van der Waals surface area contributed by atoms with Crippen molar-refractivity contribution in [3.8, 4) is 0 Å². The van der Waals surface area contributed by atoms with E-state index < -0.39 is 9.84 Å². The Morgan fingerprint density at radius 2 is 1.83 bits per heavy atom. The van der Waals surface area contributed by atoms with Gasteiger partial charge in [0.15, 0.2) is 9.84 Å². The van der Waals surface area contributed by atoms with E-state index in [1.54, 1.807) is 6.07 Å². The van der Waals surface area contributed by atoms with E-state index in [-0.39, 0.29) is 18.1 Å². The van der Waals surface area contributed by atoms with Crippen molar-refractivity contribution in [2.45, 2.75) is 30.6 Å². The Bertz CT molecular complexity index is 748. The highest BCUT2D eigenvalue weighted by Gasteiger charge is 2.38. The van der Waals surface area contributed by atoms with E-state index in [1.165, 1.54) is 5.56 Å². The number of rotatable bonds is 4. The minimum absolute atomic E-state index is 0.0193. The van der Waals surface area contributed by atoms with E-state index >= 15 is 0 Å². The molecule has 1 aromatic rings. The number of benzene rings is 1. The first-order chi connectivity index (χ1) is 11.5. The summed E-state index contributed by atoms with van der Waals surface area (Å²) >= 11 is 0. The van der Waals surface area contributed by atoms with Gasteiger partial charge in [0.2, 0.25) is 5.91 Å². The van der Waals surface area contributed by atoms with Gasteiger partial charge < -0.3 is 10.2 Å². The largest absolute Gasteiger partial charge is 0.342 e. The molecule has 24 heavy (non-hydrogen) atoms. The lowest BCUT2D eigenvalue weighted by molar-refractivity contribution is -0.130. The van der Waals surface area contributed by atoms with Crippen molar-refractivity contribution in [2.24, 2.45) is 11.8 Å². The summed E-state index contributed by atoms with van der Waals surface area (Å²) in [5.74, 6) is 0.980. The smallest absolute Gasteiger partial charge is 0.223 e. The third-order valence-electron chi connectivity index (χ3n) is 5.76. The molecule has 1 aliphatic carbocycles. The Morgan fingerprint density at radius 1 is 1.12 bits per heavy atom. The van der Waals surface area contributed by atoms with Crippen molar-refractivity contribution in [3.63, 3.8) is 0 Å². The highest BCUT2D eigenvalue weighted by atomic mass is 32.2. The second-order valence-electron chi connectivity index (χ2n) is 7.33. The van der Waals surface area contributed by atoms with Crippen LogP contribution in [-0.2, 0) is 27.5 Å². The molecule has 1 aromatic carbocycles. The highest BCUT2D eigenvalue weighted by Crippen LogP contribution is 2.28. The van der Waals surface area contributed by atoms with Gasteiger partial charge in [0.25, 0.3) is 0 Å². The predicted molar refractivity (Wildman–Crippen MR) is 91.6 cm³/mol. The molecule has 6 heteroatoms. The molecular formula is C18H24N2O3S. The number of sulfone groups is 1. The van der Waals surface area contributed by atoms with Crippen LogP contribution in [0.4, 0.5) is 0 Å². The Balaban J connectivity index is 1.38. The maximum absolute atomic E-state index is 12.6. The quantitative estimate of drug-likeness (QED) is 0.882. The third kappa shape index (κ3) is 2.97. The van der Waals surface area contributed by atoms with Crippen LogP contribution >= 0.6 is 0 Å². The average Bonchev–Trinajstić information content (AvgIpc) is 3.26. The third-order valence-corrected chi connectivity index (χ3v) is 7.47. The first-order valence-corrected chi connectivity index (χ1v) is 10.5. The average molecular weight is 348 g/mol. The number of hydrogen-bond donors (Lipinski definition) is 1. The van der Waals surface area contributed by atoms with Crippen LogP contribution in [0.5, 0.6) is 0 Å². The van der Waals surface area contributed by atoms with Crippen molar-refractivity contribution in [1.82, 2.24) is 10.2 Å². The SMILES string of the molecule is O=C(CCS(=O)(=O)c1ccc2c(c1)CCC2)N1C[C@H]2CNC[C@H]2C1. The molecule has 4 rings (SSSR count). The molecule has 0 saturated carbocycles. The molecule has 1 N–H and O–H groups in total. The summed E-state index contributed by atoms with van der Waals surface area (Å²) in [5, 5.41) is 3.35. The monoisotopic (exact) mass is 348 g/mol. The van der Waals surface area contributed by atoms with Crippen molar-refractivity contribution in [1.29, 1.82) is 0 Å². The summed E-state index contributed by atoms with van der Waals surface area (Å²) in [4.78, 5) is 14.6. The van der Waals surface area contributed by atoms with Gasteiger partial charge in [-0.05, 0) is 54.4 Å². The van der Waals surface area contributed by atoms with E-state index in [1.807, 2.05) is 17.0 Å². The highest BCUT2D eigenvalue weighted by molar-refractivity contribution is 7.91. The van der Waals surface area contributed by atoms with Crippen LogP contribution in [0.25, 0.3) is 0 Å². The maximum atomic E-state index is 12.6. The first-order valence-electron chi connectivity index (χ1n) is 8.86. The van der Waals surface area contributed by atoms with Crippen molar-refractivity contribution >= 4 is 15.7 Å². The number of carbonyl (C=O) groups excluding carboxylic acids is 1. The molecule has 0 bridgehead atoms. The van der Waals surface area contributed by atoms with Crippen LogP contribution in [0, 0.1) is 11.8 Å². The van der Waals surface area contributed by atoms with Gasteiger partial charge in [0.05, 0.1) is 10.6 Å². The second kappa shape index (κ2) is 6.15. The number of carbonyl (C=O) groups is 1. The summed E-state index contributed by atoms with van der Waals surface area (Å²) in [6.07, 6.45) is 3.19. The van der Waals surface area contributed by atoms with E-state index in [0.29, 0.717) is 16.7 Å². The van der Waals surface area contributed by atoms with Gasteiger partial charge in [-0.1, -0.05) is 6.07 Å². The van der Waals surface area contributed by atoms with Gasteiger partial charge in [0.1, 0.15) is 0 Å². The zero-order valence-corrected chi connectivity index (χ0v) is 14.6. The van der Waals surface area contributed by atoms with Crippen molar-refractivity contribution in [3.05, 3.63) is 29.3 Å². The first kappa shape index (κ1) is 16.1. The molecular weight excluding hydrogens is 324 g/mol. The molecule has 2 aliphatic heterocycles. The Hall–Kier alpha value is -1.40. The van der Waals surface area contributed by atoms with Gasteiger partial charge in [0, 0.05) is 32.6 Å². The summed E-state index contributed by atoms with van der Waals surface area (Å²) in [5.41, 5.74) is 2.42. The van der Waals surface area contributed by atoms with E-state index in [9.17, 15) is 13.2 Å². The fourth-order valence-corrected chi connectivity index (χ4v) is 5.57. The molecule has 130 valence electrons. The minimum Gasteiger partial charge on any atom is -0.342 e. The molecule has 2 atom stereocenters. The summed E-state index contributed by atoms with van der Waals surface area (Å²) in [7, 11) is -3.38. The van der Waals surface area contributed by atoms with Crippen LogP contribution in [0.3, 0.4) is 0 Å². The number of hydrogen-bond acceptors (Lipinski definition) is 4. The molecule has 2 heterocycles. The Morgan fingerprint density at radius 3 is 2.58 bits per heavy atom. The van der Waals surface area contributed by atoms with Crippen LogP contribution in [0.1, 0.15) is 24.0 Å². The topological polar surface area (TPSA) is 66.5 Å². The van der Waals surface area contributed by atoms with E-state index in [4.69, 9.17) is 0 Å². The minimum atomic E-state index is -3.38. The summed E-state index contributed by atoms with van der Waals surface area (Å²) in [6, 6.07) is 5.45. The normalized spacial score (nSPS) is 25.8. The molecule has 0 unspecified atom stereocenters. The lowest BCUT2D eigenvalue weighted by atomic mass is 10.0. The van der Waals surface area contributed by atoms with E-state index in [2.05, 4.69) is 5.32 Å². The molecule has 0 aromatic heterocycles. The van der Waals surface area contributed by atoms with Crippen LogP contribution in [0.15, 0.2) is 23.1 Å². The number of fused-ring (bicyclic) bond motifs is 2. The van der Waals surface area contributed by atoms with Gasteiger partial charge in [-0.3, -0.25) is 4.79 Å². The maximum Gasteiger partial charge on any atom is 0.223 e. The molecule has 0 radical (unpaired) electrons. The van der Waals surface area contributed by atoms with Crippen LogP contribution in [-0.4, -0.2) is 51.2 Å². The Kier molecular flexibility index (Phi) is 4.12. The van der Waals surface area contributed by atoms with E-state index in [0.717, 1.165) is 51.0 Å². The number of amides is 1. The molecule has 2 saturated heterocycles. The fourth-order valence-electron chi connectivity index (χ4n) is 4.30. The Labute approximate surface area is 143 Å². The molecule has 5 nitrogen and oxygen atoms in total. The number of likely N-dealkylation sites (tertiary alicyclic amines) is 1. The zero-order valence-electron chi connectivity index (χ0n) is 13.8. The molecule has 2 fully saturated rings. The molecule has 3 aliphatic rings. The standard InChI is InChI=1S/C18H24N2O3S/c21-18(20-11-15-9-19-10-16(15)12-20)6-7-24(22,23)17-5-4-13-2-1-3-14(13)8-17/h4-5,8,15-16,19H,1-3,6-7,9-12H2/t15-,16+. The number of aryl methyl sites for hydroxylation is 2. The van der Waals surface area contributed by atoms with Crippen LogP contribution < -0.4 is 5.32 Å². The van der Waals surface area contributed by atoms with Gasteiger partial charge in [-0.2, -0.15) is 0 Å². The van der Waals surface area contributed by atoms with Gasteiger partial charge in [-0.15, -0.1) is 0 Å². The van der Waals surface area contributed by atoms with Crippen LogP contribution in [0.2, 0.25) is 0 Å². The lowest BCUT2D eigenvalue weighted by Gasteiger charge is -2.17. The summed E-state index contributed by atoms with van der Waals surface area (Å²) in [6.45, 7) is 3.49. The summed E-state index contributed by atoms with van der Waals surface area (Å²) < 4.78 is 25.1. The van der Waals surface area contributed by atoms with Gasteiger partial charge >= 0.3 is 0 Å². The zero-order chi connectivity index (χ0) is 16.7. The van der Waals surface area contributed by atoms with Gasteiger partial charge in [-0.25, -0.2) is 8.42 Å².